The molecule has 0 aliphatic rings. The Bertz CT molecular complexity index is 1210. The van der Waals surface area contributed by atoms with Crippen molar-refractivity contribution in [1.29, 1.82) is 0 Å². The van der Waals surface area contributed by atoms with Gasteiger partial charge in [-0.25, -0.2) is 12.8 Å². The zero-order chi connectivity index (χ0) is 21.9. The average molecular weight is 491 g/mol. The normalized spacial score (nSPS) is 11.2. The third-order valence-electron chi connectivity index (χ3n) is 4.60. The molecule has 5 nitrogen and oxygen atoms in total. The van der Waals surface area contributed by atoms with Gasteiger partial charge in [0.1, 0.15) is 5.82 Å². The number of benzene rings is 3. The van der Waals surface area contributed by atoms with E-state index in [4.69, 9.17) is 0 Å². The lowest BCUT2D eigenvalue weighted by Crippen LogP contribution is -2.24. The van der Waals surface area contributed by atoms with Crippen LogP contribution >= 0.6 is 15.9 Å². The number of anilines is 1. The molecule has 1 amide bonds. The first-order chi connectivity index (χ1) is 14.2. The highest BCUT2D eigenvalue weighted by atomic mass is 79.9. The summed E-state index contributed by atoms with van der Waals surface area (Å²) in [6.07, 6.45) is 0. The Kier molecular flexibility index (Phi) is 6.58. The summed E-state index contributed by atoms with van der Waals surface area (Å²) in [6, 6.07) is 15.6. The Morgan fingerprint density at radius 1 is 1.00 bits per heavy atom. The molecule has 0 heterocycles. The van der Waals surface area contributed by atoms with Crippen LogP contribution in [0.1, 0.15) is 27.0 Å². The minimum absolute atomic E-state index is 0.0200. The number of sulfonamides is 1. The van der Waals surface area contributed by atoms with Gasteiger partial charge in [0.15, 0.2) is 0 Å². The number of para-hydroxylation sites is 1. The van der Waals surface area contributed by atoms with Crippen LogP contribution in [0.3, 0.4) is 0 Å². The van der Waals surface area contributed by atoms with Gasteiger partial charge in [0.05, 0.1) is 10.6 Å². The first kappa shape index (κ1) is 22.0. The molecule has 0 aliphatic heterocycles. The monoisotopic (exact) mass is 490 g/mol. The molecule has 0 bridgehead atoms. The number of hydrogen-bond donors (Lipinski definition) is 2. The number of halogens is 2. The van der Waals surface area contributed by atoms with Gasteiger partial charge < -0.3 is 5.32 Å². The lowest BCUT2D eigenvalue weighted by Gasteiger charge is -2.13. The fourth-order valence-electron chi connectivity index (χ4n) is 2.85. The van der Waals surface area contributed by atoms with Gasteiger partial charge in [0.2, 0.25) is 0 Å². The maximum Gasteiger partial charge on any atom is 0.261 e. The second kappa shape index (κ2) is 8.97. The maximum absolute atomic E-state index is 13.4. The molecule has 2 N–H and O–H groups in total. The summed E-state index contributed by atoms with van der Waals surface area (Å²) in [6.45, 7) is 3.61. The van der Waals surface area contributed by atoms with Gasteiger partial charge in [-0.3, -0.25) is 9.52 Å². The van der Waals surface area contributed by atoms with Crippen LogP contribution in [0.15, 0.2) is 70.0 Å². The van der Waals surface area contributed by atoms with Crippen molar-refractivity contribution < 1.29 is 17.6 Å². The molecule has 0 fully saturated rings. The topological polar surface area (TPSA) is 75.3 Å². The summed E-state index contributed by atoms with van der Waals surface area (Å²) in [5.74, 6) is -0.856. The van der Waals surface area contributed by atoms with Gasteiger partial charge in [0, 0.05) is 16.6 Å². The number of nitrogens with one attached hydrogen (secondary N) is 2. The molecule has 0 saturated heterocycles. The predicted molar refractivity (Wildman–Crippen MR) is 118 cm³/mol. The molecule has 0 spiro atoms. The van der Waals surface area contributed by atoms with Gasteiger partial charge in [0.25, 0.3) is 15.9 Å². The minimum atomic E-state index is -3.88. The zero-order valence-electron chi connectivity index (χ0n) is 16.4. The van der Waals surface area contributed by atoms with Gasteiger partial charge in [-0.05, 0) is 66.9 Å². The lowest BCUT2D eigenvalue weighted by molar-refractivity contribution is 0.0950. The van der Waals surface area contributed by atoms with Gasteiger partial charge in [-0.2, -0.15) is 0 Å². The summed E-state index contributed by atoms with van der Waals surface area (Å²) in [5.41, 5.74) is 2.69. The molecule has 0 aromatic heterocycles. The second-order valence-corrected chi connectivity index (χ2v) is 9.35. The second-order valence-electron chi connectivity index (χ2n) is 6.82. The molecule has 0 aliphatic carbocycles. The van der Waals surface area contributed by atoms with Gasteiger partial charge >= 0.3 is 0 Å². The number of carbonyl (C=O) groups is 1. The molecule has 8 heteroatoms. The van der Waals surface area contributed by atoms with E-state index in [0.29, 0.717) is 21.3 Å². The standard InChI is InChI=1S/C22H20BrFN2O3S/c1-14-7-9-18(30(28,29)26-21-6-4-3-5-15(21)2)12-19(14)22(27)25-13-16-11-17(24)8-10-20(16)23/h3-12,26H,13H2,1-2H3,(H,25,27). The van der Waals surface area contributed by atoms with Crippen molar-refractivity contribution in [3.05, 3.63) is 93.2 Å². The fraction of sp³-hybridized carbons (Fsp3) is 0.136. The Morgan fingerprint density at radius 2 is 1.73 bits per heavy atom. The van der Waals surface area contributed by atoms with Crippen molar-refractivity contribution in [2.24, 2.45) is 0 Å². The van der Waals surface area contributed by atoms with E-state index in [1.54, 1.807) is 44.2 Å². The third kappa shape index (κ3) is 5.06. The molecule has 3 aromatic rings. The summed E-state index contributed by atoms with van der Waals surface area (Å²) in [5, 5.41) is 2.71. The number of aryl methyl sites for hydroxylation is 2. The van der Waals surface area contributed by atoms with E-state index < -0.39 is 21.7 Å². The molecule has 3 rings (SSSR count). The zero-order valence-corrected chi connectivity index (χ0v) is 18.8. The van der Waals surface area contributed by atoms with Crippen LogP contribution in [0.5, 0.6) is 0 Å². The number of carbonyl (C=O) groups excluding carboxylic acids is 1. The maximum atomic E-state index is 13.4. The molecule has 0 atom stereocenters. The molecule has 30 heavy (non-hydrogen) atoms. The summed E-state index contributed by atoms with van der Waals surface area (Å²) in [4.78, 5) is 12.7. The van der Waals surface area contributed by atoms with E-state index in [1.807, 2.05) is 6.07 Å². The van der Waals surface area contributed by atoms with E-state index in [2.05, 4.69) is 26.0 Å². The summed E-state index contributed by atoms with van der Waals surface area (Å²) < 4.78 is 42.3. The smallest absolute Gasteiger partial charge is 0.261 e. The molecule has 0 saturated carbocycles. The Hall–Kier alpha value is -2.71. The average Bonchev–Trinajstić information content (AvgIpc) is 2.70. The molecular weight excluding hydrogens is 471 g/mol. The number of rotatable bonds is 6. The first-order valence-electron chi connectivity index (χ1n) is 9.08. The Balaban J connectivity index is 1.83. The van der Waals surface area contributed by atoms with Crippen molar-refractivity contribution in [1.82, 2.24) is 5.32 Å². The van der Waals surface area contributed by atoms with E-state index >= 15 is 0 Å². The van der Waals surface area contributed by atoms with Gasteiger partial charge in [-0.1, -0.05) is 40.2 Å². The van der Waals surface area contributed by atoms with Crippen LogP contribution < -0.4 is 10.0 Å². The van der Waals surface area contributed by atoms with Crippen LogP contribution in [0.25, 0.3) is 0 Å². The van der Waals surface area contributed by atoms with E-state index in [1.165, 1.54) is 24.3 Å². The van der Waals surface area contributed by atoms with Crippen molar-refractivity contribution in [2.45, 2.75) is 25.3 Å². The predicted octanol–water partition coefficient (Wildman–Crippen LogP) is 4.94. The molecule has 156 valence electrons. The van der Waals surface area contributed by atoms with Crippen LogP contribution in [-0.2, 0) is 16.6 Å². The molecular formula is C22H20BrFN2O3S. The van der Waals surface area contributed by atoms with E-state index in [0.717, 1.165) is 5.56 Å². The van der Waals surface area contributed by atoms with Crippen molar-refractivity contribution in [3.63, 3.8) is 0 Å². The van der Waals surface area contributed by atoms with Gasteiger partial charge in [-0.15, -0.1) is 0 Å². The van der Waals surface area contributed by atoms with Crippen LogP contribution in [0.2, 0.25) is 0 Å². The first-order valence-corrected chi connectivity index (χ1v) is 11.4. The fourth-order valence-corrected chi connectivity index (χ4v) is 4.40. The van der Waals surface area contributed by atoms with Crippen LogP contribution in [0, 0.1) is 19.7 Å². The van der Waals surface area contributed by atoms with Crippen molar-refractivity contribution >= 4 is 37.5 Å². The molecule has 0 unspecified atom stereocenters. The van der Waals surface area contributed by atoms with E-state index in [9.17, 15) is 17.6 Å². The van der Waals surface area contributed by atoms with E-state index in [-0.39, 0.29) is 17.0 Å². The van der Waals surface area contributed by atoms with Crippen LogP contribution in [-0.4, -0.2) is 14.3 Å². The molecule has 0 radical (unpaired) electrons. The third-order valence-corrected chi connectivity index (χ3v) is 6.74. The summed E-state index contributed by atoms with van der Waals surface area (Å²) in [7, 11) is -3.88. The Labute approximate surface area is 183 Å². The quantitative estimate of drug-likeness (QED) is 0.513. The lowest BCUT2D eigenvalue weighted by atomic mass is 10.1. The number of amides is 1. The molecule has 3 aromatic carbocycles. The highest BCUT2D eigenvalue weighted by molar-refractivity contribution is 9.10. The van der Waals surface area contributed by atoms with Crippen molar-refractivity contribution in [3.8, 4) is 0 Å². The van der Waals surface area contributed by atoms with Crippen molar-refractivity contribution in [2.75, 3.05) is 4.72 Å². The SMILES string of the molecule is Cc1ccccc1NS(=O)(=O)c1ccc(C)c(C(=O)NCc2cc(F)ccc2Br)c1. The van der Waals surface area contributed by atoms with Crippen LogP contribution in [0.4, 0.5) is 10.1 Å². The largest absolute Gasteiger partial charge is 0.348 e. The highest BCUT2D eigenvalue weighted by Gasteiger charge is 2.19. The number of hydrogen-bond acceptors (Lipinski definition) is 3. The summed E-state index contributed by atoms with van der Waals surface area (Å²) >= 11 is 3.32. The Morgan fingerprint density at radius 3 is 2.47 bits per heavy atom. The highest BCUT2D eigenvalue weighted by Crippen LogP contribution is 2.22. The minimum Gasteiger partial charge on any atom is -0.348 e.